The van der Waals surface area contributed by atoms with E-state index in [9.17, 15) is 8.42 Å². The number of piperazine rings is 1. The minimum Gasteiger partial charge on any atom is -0.495 e. The molecule has 4 rings (SSSR count). The van der Waals surface area contributed by atoms with Crippen molar-refractivity contribution >= 4 is 26.7 Å². The number of anilines is 1. The first-order valence-corrected chi connectivity index (χ1v) is 10.3. The van der Waals surface area contributed by atoms with E-state index in [2.05, 4.69) is 15.2 Å². The number of pyridine rings is 1. The van der Waals surface area contributed by atoms with Gasteiger partial charge in [0.05, 0.1) is 12.6 Å². The highest BCUT2D eigenvalue weighted by Gasteiger charge is 2.25. The number of nitrogens with zero attached hydrogens (tertiary/aromatic N) is 3. The molecule has 1 aliphatic heterocycles. The van der Waals surface area contributed by atoms with E-state index in [1.807, 2.05) is 19.1 Å². The Morgan fingerprint density at radius 3 is 2.67 bits per heavy atom. The maximum atomic E-state index is 13.4. The number of nitrogens with one attached hydrogen (secondary N) is 1. The van der Waals surface area contributed by atoms with Gasteiger partial charge in [-0.05, 0) is 36.8 Å². The van der Waals surface area contributed by atoms with Gasteiger partial charge in [-0.15, -0.1) is 0 Å². The first-order valence-electron chi connectivity index (χ1n) is 8.84. The third kappa shape index (κ3) is 3.04. The van der Waals surface area contributed by atoms with E-state index in [1.165, 1.54) is 11.1 Å². The Balaban J connectivity index is 1.86. The highest BCUT2D eigenvalue weighted by Crippen LogP contribution is 2.32. The molecule has 1 saturated heterocycles. The topological polar surface area (TPSA) is 76.5 Å². The normalized spacial score (nSPS) is 15.3. The molecule has 27 heavy (non-hydrogen) atoms. The van der Waals surface area contributed by atoms with Crippen molar-refractivity contribution in [2.24, 2.45) is 0 Å². The number of benzene rings is 1. The van der Waals surface area contributed by atoms with Crippen LogP contribution in [0.4, 0.5) is 5.82 Å². The Morgan fingerprint density at radius 1 is 1.15 bits per heavy atom. The molecular formula is C19H22N4O3S. The maximum absolute atomic E-state index is 13.4. The van der Waals surface area contributed by atoms with Crippen LogP contribution >= 0.6 is 0 Å². The quantitative estimate of drug-likeness (QED) is 0.739. The number of hydrogen-bond donors (Lipinski definition) is 1. The van der Waals surface area contributed by atoms with E-state index in [0.29, 0.717) is 11.3 Å². The molecular weight excluding hydrogens is 364 g/mol. The highest BCUT2D eigenvalue weighted by atomic mass is 32.2. The number of fused-ring (bicyclic) bond motifs is 1. The van der Waals surface area contributed by atoms with E-state index >= 15 is 0 Å². The minimum absolute atomic E-state index is 0.156. The van der Waals surface area contributed by atoms with Crippen LogP contribution in [-0.2, 0) is 10.0 Å². The van der Waals surface area contributed by atoms with Crippen LogP contribution in [0.2, 0.25) is 0 Å². The average Bonchev–Trinajstić information content (AvgIpc) is 3.13. The maximum Gasteiger partial charge on any atom is 0.271 e. The summed E-state index contributed by atoms with van der Waals surface area (Å²) < 4.78 is 33.3. The molecule has 0 aliphatic carbocycles. The number of aromatic nitrogens is 2. The minimum atomic E-state index is -3.80. The van der Waals surface area contributed by atoms with Gasteiger partial charge in [0, 0.05) is 44.0 Å². The van der Waals surface area contributed by atoms with Crippen LogP contribution in [0.25, 0.3) is 10.9 Å². The molecule has 7 nitrogen and oxygen atoms in total. The third-order valence-corrected chi connectivity index (χ3v) is 6.54. The molecule has 3 heterocycles. The second kappa shape index (κ2) is 6.86. The van der Waals surface area contributed by atoms with Gasteiger partial charge in [-0.1, -0.05) is 6.07 Å². The average molecular weight is 386 g/mol. The monoisotopic (exact) mass is 386 g/mol. The summed E-state index contributed by atoms with van der Waals surface area (Å²) in [5.74, 6) is 1.15. The van der Waals surface area contributed by atoms with Crippen LogP contribution < -0.4 is 15.0 Å². The van der Waals surface area contributed by atoms with Crippen molar-refractivity contribution in [2.75, 3.05) is 38.2 Å². The first-order chi connectivity index (χ1) is 13.0. The van der Waals surface area contributed by atoms with Crippen molar-refractivity contribution in [3.05, 3.63) is 48.3 Å². The molecule has 1 fully saturated rings. The van der Waals surface area contributed by atoms with Crippen LogP contribution in [0.5, 0.6) is 5.75 Å². The summed E-state index contributed by atoms with van der Waals surface area (Å²) in [6.45, 7) is 5.32. The molecule has 142 valence electrons. The summed E-state index contributed by atoms with van der Waals surface area (Å²) >= 11 is 0. The van der Waals surface area contributed by atoms with Crippen molar-refractivity contribution in [3.63, 3.8) is 0 Å². The number of hydrogen-bond acceptors (Lipinski definition) is 6. The molecule has 0 unspecified atom stereocenters. The second-order valence-electron chi connectivity index (χ2n) is 6.58. The lowest BCUT2D eigenvalue weighted by molar-refractivity contribution is 0.402. The summed E-state index contributed by atoms with van der Waals surface area (Å²) in [4.78, 5) is 6.85. The van der Waals surface area contributed by atoms with Crippen molar-refractivity contribution < 1.29 is 13.2 Å². The van der Waals surface area contributed by atoms with E-state index in [-0.39, 0.29) is 4.90 Å². The van der Waals surface area contributed by atoms with Gasteiger partial charge < -0.3 is 15.0 Å². The Hall–Kier alpha value is -2.58. The van der Waals surface area contributed by atoms with E-state index in [4.69, 9.17) is 4.74 Å². The van der Waals surface area contributed by atoms with Crippen LogP contribution in [-0.4, -0.2) is 50.7 Å². The van der Waals surface area contributed by atoms with E-state index in [0.717, 1.165) is 42.9 Å². The van der Waals surface area contributed by atoms with Crippen LogP contribution in [0, 0.1) is 6.92 Å². The SMILES string of the molecule is COc1ccc(C)cc1S(=O)(=O)n1ccc2c(N3CCNCC3)nccc21. The van der Waals surface area contributed by atoms with Crippen molar-refractivity contribution in [3.8, 4) is 5.75 Å². The predicted molar refractivity (Wildman–Crippen MR) is 105 cm³/mol. The molecule has 8 heteroatoms. The lowest BCUT2D eigenvalue weighted by Crippen LogP contribution is -2.43. The summed E-state index contributed by atoms with van der Waals surface area (Å²) in [5.41, 5.74) is 1.47. The molecule has 0 spiro atoms. The summed E-state index contributed by atoms with van der Waals surface area (Å²) in [5, 5.41) is 4.15. The smallest absolute Gasteiger partial charge is 0.271 e. The van der Waals surface area contributed by atoms with Gasteiger partial charge in [-0.3, -0.25) is 0 Å². The summed E-state index contributed by atoms with van der Waals surface area (Å²) in [6, 6.07) is 8.71. The Bertz CT molecular complexity index is 1090. The number of ether oxygens (including phenoxy) is 1. The fourth-order valence-electron chi connectivity index (χ4n) is 3.46. The standard InChI is InChI=1S/C19H22N4O3S/c1-14-3-4-17(26-2)18(13-14)27(24,25)23-10-6-15-16(23)5-7-21-19(15)22-11-8-20-9-12-22/h3-7,10,13,20H,8-9,11-12H2,1-2H3. The van der Waals surface area contributed by atoms with Gasteiger partial charge >= 0.3 is 0 Å². The lowest BCUT2D eigenvalue weighted by atomic mass is 10.2. The third-order valence-electron chi connectivity index (χ3n) is 4.83. The van der Waals surface area contributed by atoms with Gasteiger partial charge in [0.15, 0.2) is 0 Å². The highest BCUT2D eigenvalue weighted by molar-refractivity contribution is 7.90. The summed E-state index contributed by atoms with van der Waals surface area (Å²) in [6.07, 6.45) is 3.26. The Morgan fingerprint density at radius 2 is 1.93 bits per heavy atom. The number of rotatable bonds is 4. The molecule has 1 N–H and O–H groups in total. The van der Waals surface area contributed by atoms with Gasteiger partial charge in [-0.25, -0.2) is 17.4 Å². The summed E-state index contributed by atoms with van der Waals surface area (Å²) in [7, 11) is -2.33. The molecule has 0 saturated carbocycles. The second-order valence-corrected chi connectivity index (χ2v) is 8.36. The fraction of sp³-hybridized carbons (Fsp3) is 0.316. The van der Waals surface area contributed by atoms with Crippen LogP contribution in [0.3, 0.4) is 0 Å². The van der Waals surface area contributed by atoms with Crippen molar-refractivity contribution in [1.82, 2.24) is 14.3 Å². The van der Waals surface area contributed by atoms with E-state index in [1.54, 1.807) is 30.6 Å². The van der Waals surface area contributed by atoms with E-state index < -0.39 is 10.0 Å². The van der Waals surface area contributed by atoms with Gasteiger partial charge in [0.1, 0.15) is 16.5 Å². The molecule has 3 aromatic rings. The zero-order valence-corrected chi connectivity index (χ0v) is 16.2. The Kier molecular flexibility index (Phi) is 4.53. The molecule has 0 bridgehead atoms. The van der Waals surface area contributed by atoms with Crippen molar-refractivity contribution in [2.45, 2.75) is 11.8 Å². The lowest BCUT2D eigenvalue weighted by Gasteiger charge is -2.28. The molecule has 0 radical (unpaired) electrons. The van der Waals surface area contributed by atoms with Gasteiger partial charge in [-0.2, -0.15) is 0 Å². The molecule has 0 amide bonds. The first kappa shape index (κ1) is 17.8. The van der Waals surface area contributed by atoms with Gasteiger partial charge in [0.25, 0.3) is 10.0 Å². The zero-order valence-electron chi connectivity index (χ0n) is 15.3. The van der Waals surface area contributed by atoms with Crippen LogP contribution in [0.1, 0.15) is 5.56 Å². The number of methoxy groups -OCH3 is 1. The molecule has 1 aliphatic rings. The van der Waals surface area contributed by atoms with Crippen molar-refractivity contribution in [1.29, 1.82) is 0 Å². The zero-order chi connectivity index (χ0) is 19.0. The number of aryl methyl sites for hydroxylation is 1. The Labute approximate surface area is 158 Å². The molecule has 2 aromatic heterocycles. The largest absolute Gasteiger partial charge is 0.495 e. The van der Waals surface area contributed by atoms with Gasteiger partial charge in [0.2, 0.25) is 0 Å². The predicted octanol–water partition coefficient (Wildman–Crippen LogP) is 2.00. The molecule has 1 aromatic carbocycles. The fourth-order valence-corrected chi connectivity index (χ4v) is 5.05. The van der Waals surface area contributed by atoms with Crippen LogP contribution in [0.15, 0.2) is 47.6 Å². The molecule has 0 atom stereocenters.